The van der Waals surface area contributed by atoms with Gasteiger partial charge in [-0.3, -0.25) is 4.90 Å². The summed E-state index contributed by atoms with van der Waals surface area (Å²) in [7, 11) is 0. The summed E-state index contributed by atoms with van der Waals surface area (Å²) in [4.78, 5) is 12.9. The molecule has 29 heavy (non-hydrogen) atoms. The molecule has 4 rings (SSSR count). The number of ether oxygens (including phenoxy) is 1. The van der Waals surface area contributed by atoms with Gasteiger partial charge in [0.1, 0.15) is 12.4 Å². The van der Waals surface area contributed by atoms with Crippen molar-refractivity contribution in [2.24, 2.45) is 5.16 Å². The first-order valence-corrected chi connectivity index (χ1v) is 10.9. The first-order chi connectivity index (χ1) is 14.2. The van der Waals surface area contributed by atoms with Gasteiger partial charge < -0.3 is 14.1 Å². The van der Waals surface area contributed by atoms with E-state index >= 15 is 0 Å². The molecule has 6 nitrogen and oxygen atoms in total. The number of rotatable bonds is 7. The van der Waals surface area contributed by atoms with Gasteiger partial charge in [-0.25, -0.2) is 4.98 Å². The number of morpholine rings is 1. The zero-order chi connectivity index (χ0) is 20.1. The number of aromatic nitrogens is 2. The molecule has 0 atom stereocenters. The van der Waals surface area contributed by atoms with Crippen LogP contribution in [0.3, 0.4) is 0 Å². The average molecular weight is 504 g/mol. The van der Waals surface area contributed by atoms with E-state index < -0.39 is 0 Å². The Bertz CT molecular complexity index is 978. The summed E-state index contributed by atoms with van der Waals surface area (Å²) >= 11 is 2.30. The van der Waals surface area contributed by atoms with Crippen LogP contribution in [0.5, 0.6) is 0 Å². The van der Waals surface area contributed by atoms with Crippen molar-refractivity contribution in [1.82, 2.24) is 14.5 Å². The van der Waals surface area contributed by atoms with E-state index in [0.29, 0.717) is 13.2 Å². The maximum Gasteiger partial charge on any atom is 0.142 e. The summed E-state index contributed by atoms with van der Waals surface area (Å²) < 4.78 is 8.94. The minimum Gasteiger partial charge on any atom is -0.391 e. The topological polar surface area (TPSA) is 51.9 Å². The van der Waals surface area contributed by atoms with Crippen molar-refractivity contribution in [2.45, 2.75) is 26.6 Å². The number of benzene rings is 2. The molecule has 0 radical (unpaired) electrons. The second-order valence-corrected chi connectivity index (χ2v) is 8.46. The fourth-order valence-corrected chi connectivity index (χ4v) is 3.80. The lowest BCUT2D eigenvalue weighted by molar-refractivity contribution is 0.0327. The van der Waals surface area contributed by atoms with Crippen molar-refractivity contribution in [1.29, 1.82) is 0 Å². The maximum atomic E-state index is 5.60. The van der Waals surface area contributed by atoms with Crippen LogP contribution in [0.25, 0.3) is 11.0 Å². The Labute approximate surface area is 184 Å². The molecule has 7 heteroatoms. The maximum absolute atomic E-state index is 5.60. The van der Waals surface area contributed by atoms with E-state index in [2.05, 4.69) is 79.7 Å². The Balaban J connectivity index is 1.47. The van der Waals surface area contributed by atoms with Crippen molar-refractivity contribution in [3.8, 4) is 0 Å². The van der Waals surface area contributed by atoms with Crippen molar-refractivity contribution < 1.29 is 9.57 Å². The Kier molecular flexibility index (Phi) is 6.78. The van der Waals surface area contributed by atoms with Crippen molar-refractivity contribution in [3.05, 3.63) is 63.5 Å². The lowest BCUT2D eigenvalue weighted by Crippen LogP contribution is -2.36. The predicted octanol–water partition coefficient (Wildman–Crippen LogP) is 4.07. The van der Waals surface area contributed by atoms with Crippen LogP contribution in [0.15, 0.2) is 53.7 Å². The molecule has 1 aliphatic heterocycles. The molecular weight excluding hydrogens is 479 g/mol. The molecular formula is C22H25IN4O2. The molecule has 1 aliphatic rings. The van der Waals surface area contributed by atoms with Gasteiger partial charge in [0.2, 0.25) is 0 Å². The molecule has 0 bridgehead atoms. The number of halogens is 1. The lowest BCUT2D eigenvalue weighted by Gasteiger charge is -2.26. The minimum atomic E-state index is 0.472. The molecule has 0 saturated carbocycles. The van der Waals surface area contributed by atoms with Crippen LogP contribution < -0.4 is 0 Å². The quantitative estimate of drug-likeness (QED) is 0.277. The number of nitrogens with zero attached hydrogens (tertiary/aromatic N) is 4. The van der Waals surface area contributed by atoms with Crippen LogP contribution in [0.1, 0.15) is 18.3 Å². The first-order valence-electron chi connectivity index (χ1n) is 9.83. The van der Waals surface area contributed by atoms with Crippen molar-refractivity contribution in [2.75, 3.05) is 26.3 Å². The van der Waals surface area contributed by atoms with E-state index in [1.807, 2.05) is 13.0 Å². The van der Waals surface area contributed by atoms with Gasteiger partial charge in [-0.2, -0.15) is 0 Å². The summed E-state index contributed by atoms with van der Waals surface area (Å²) in [6.45, 7) is 7.40. The zero-order valence-electron chi connectivity index (χ0n) is 16.6. The van der Waals surface area contributed by atoms with Gasteiger partial charge in [0.25, 0.3) is 0 Å². The van der Waals surface area contributed by atoms with E-state index in [9.17, 15) is 0 Å². The Morgan fingerprint density at radius 3 is 2.69 bits per heavy atom. The normalized spacial score (nSPS) is 15.7. The van der Waals surface area contributed by atoms with Crippen LogP contribution in [-0.2, 0) is 29.3 Å². The highest BCUT2D eigenvalue weighted by atomic mass is 127. The molecule has 3 aromatic rings. The molecule has 0 amide bonds. The summed E-state index contributed by atoms with van der Waals surface area (Å²) in [6.07, 6.45) is 0. The number of hydrogen-bond acceptors (Lipinski definition) is 5. The van der Waals surface area contributed by atoms with Gasteiger partial charge in [0.05, 0.1) is 43.0 Å². The van der Waals surface area contributed by atoms with Gasteiger partial charge in [-0.05, 0) is 59.3 Å². The fraction of sp³-hybridized carbons (Fsp3) is 0.364. The van der Waals surface area contributed by atoms with E-state index in [4.69, 9.17) is 14.6 Å². The molecule has 152 valence electrons. The average Bonchev–Trinajstić information content (AvgIpc) is 3.07. The third kappa shape index (κ3) is 5.34. The molecule has 0 unspecified atom stereocenters. The van der Waals surface area contributed by atoms with Crippen molar-refractivity contribution in [3.63, 3.8) is 0 Å². The smallest absolute Gasteiger partial charge is 0.142 e. The van der Waals surface area contributed by atoms with Crippen LogP contribution in [0, 0.1) is 3.57 Å². The highest BCUT2D eigenvalue weighted by Crippen LogP contribution is 2.18. The summed E-state index contributed by atoms with van der Waals surface area (Å²) in [6, 6.07) is 16.5. The van der Waals surface area contributed by atoms with Crippen LogP contribution in [0.4, 0.5) is 0 Å². The van der Waals surface area contributed by atoms with Crippen LogP contribution >= 0.6 is 22.6 Å². The van der Waals surface area contributed by atoms with Gasteiger partial charge in [0.15, 0.2) is 0 Å². The number of imidazole rings is 1. The van der Waals surface area contributed by atoms with Gasteiger partial charge in [0, 0.05) is 16.7 Å². The second-order valence-electron chi connectivity index (χ2n) is 7.22. The summed E-state index contributed by atoms with van der Waals surface area (Å²) in [5.41, 5.74) is 4.18. The van der Waals surface area contributed by atoms with E-state index in [-0.39, 0.29) is 0 Å². The fourth-order valence-electron chi connectivity index (χ4n) is 3.44. The second kappa shape index (κ2) is 9.69. The third-order valence-corrected chi connectivity index (χ3v) is 5.67. The first kappa shape index (κ1) is 20.3. The number of oxime groups is 1. The molecule has 2 aromatic carbocycles. The standard InChI is InChI=1S/C22H25IN4O2/c1-17(25-29-16-18-6-8-19(23)9-7-18)14-27-21-5-3-2-4-20(21)24-22(27)15-26-10-12-28-13-11-26/h2-9H,10-16H2,1H3/b25-17+. The summed E-state index contributed by atoms with van der Waals surface area (Å²) in [5.74, 6) is 1.06. The molecule has 0 N–H and O–H groups in total. The number of fused-ring (bicyclic) bond motifs is 1. The molecule has 2 heterocycles. The van der Waals surface area contributed by atoms with E-state index in [1.165, 1.54) is 3.57 Å². The Hall–Kier alpha value is -1.97. The van der Waals surface area contributed by atoms with Gasteiger partial charge in [-0.1, -0.05) is 29.4 Å². The van der Waals surface area contributed by atoms with Crippen LogP contribution in [-0.4, -0.2) is 46.5 Å². The largest absolute Gasteiger partial charge is 0.391 e. The number of hydrogen-bond donors (Lipinski definition) is 0. The Morgan fingerprint density at radius 1 is 1.14 bits per heavy atom. The Morgan fingerprint density at radius 2 is 1.90 bits per heavy atom. The molecule has 1 fully saturated rings. The van der Waals surface area contributed by atoms with E-state index in [0.717, 1.165) is 61.0 Å². The van der Waals surface area contributed by atoms with Crippen LogP contribution in [0.2, 0.25) is 0 Å². The molecule has 0 spiro atoms. The minimum absolute atomic E-state index is 0.472. The molecule has 1 saturated heterocycles. The monoisotopic (exact) mass is 504 g/mol. The van der Waals surface area contributed by atoms with E-state index in [1.54, 1.807) is 0 Å². The third-order valence-electron chi connectivity index (χ3n) is 4.95. The number of para-hydroxylation sites is 2. The van der Waals surface area contributed by atoms with Gasteiger partial charge >= 0.3 is 0 Å². The lowest BCUT2D eigenvalue weighted by atomic mass is 10.2. The van der Waals surface area contributed by atoms with Crippen molar-refractivity contribution >= 4 is 39.3 Å². The summed E-state index contributed by atoms with van der Waals surface area (Å²) in [5, 5.41) is 4.34. The predicted molar refractivity (Wildman–Crippen MR) is 123 cm³/mol. The molecule has 0 aliphatic carbocycles. The zero-order valence-corrected chi connectivity index (χ0v) is 18.7. The highest BCUT2D eigenvalue weighted by molar-refractivity contribution is 14.1. The SMILES string of the molecule is C/C(Cn1c(CN2CCOCC2)nc2ccccc21)=N\OCc1ccc(I)cc1. The van der Waals surface area contributed by atoms with Gasteiger partial charge in [-0.15, -0.1) is 0 Å². The highest BCUT2D eigenvalue weighted by Gasteiger charge is 2.17. The molecule has 1 aromatic heterocycles.